The Bertz CT molecular complexity index is 1190. The number of fused-ring (bicyclic) bond motifs is 1. The van der Waals surface area contributed by atoms with Crippen LogP contribution < -0.4 is 5.32 Å². The summed E-state index contributed by atoms with van der Waals surface area (Å²) >= 11 is 5.95. The van der Waals surface area contributed by atoms with Gasteiger partial charge in [0.2, 0.25) is 5.91 Å². The Morgan fingerprint density at radius 1 is 0.892 bits per heavy atom. The van der Waals surface area contributed by atoms with E-state index in [2.05, 4.69) is 14.8 Å². The number of aromatic nitrogens is 2. The molecule has 2 aromatic carbocycles. The maximum absolute atomic E-state index is 14.0. The van der Waals surface area contributed by atoms with E-state index in [1.54, 1.807) is 24.3 Å². The van der Waals surface area contributed by atoms with Gasteiger partial charge in [-0.1, -0.05) is 62.3 Å². The summed E-state index contributed by atoms with van der Waals surface area (Å²) in [4.78, 5) is 33.7. The molecule has 1 heterocycles. The van der Waals surface area contributed by atoms with Gasteiger partial charge in [-0.3, -0.25) is 9.59 Å². The molecule has 0 bridgehead atoms. The van der Waals surface area contributed by atoms with E-state index in [9.17, 15) is 9.59 Å². The van der Waals surface area contributed by atoms with Gasteiger partial charge in [-0.2, -0.15) is 0 Å². The molecule has 5 rings (SSSR count). The molecule has 2 saturated carbocycles. The van der Waals surface area contributed by atoms with Crippen LogP contribution in [0.5, 0.6) is 0 Å². The normalized spacial score (nSPS) is 17.1. The van der Waals surface area contributed by atoms with Gasteiger partial charge in [0, 0.05) is 35.6 Å². The zero-order chi connectivity index (χ0) is 25.6. The third-order valence-electron chi connectivity index (χ3n) is 7.99. The Labute approximate surface area is 224 Å². The molecule has 37 heavy (non-hydrogen) atoms. The lowest BCUT2D eigenvalue weighted by Crippen LogP contribution is -2.50. The monoisotopic (exact) mass is 520 g/mol. The average molecular weight is 521 g/mol. The van der Waals surface area contributed by atoms with Crippen molar-refractivity contribution >= 4 is 34.4 Å². The summed E-state index contributed by atoms with van der Waals surface area (Å²) in [5.74, 6) is 0.905. The molecule has 2 aliphatic rings. The summed E-state index contributed by atoms with van der Waals surface area (Å²) in [6, 6.07) is 15.6. The van der Waals surface area contributed by atoms with Crippen molar-refractivity contribution in [3.8, 4) is 0 Å². The quantitative estimate of drug-likeness (QED) is 0.387. The van der Waals surface area contributed by atoms with Gasteiger partial charge >= 0.3 is 0 Å². The molecule has 2 fully saturated rings. The molecule has 6 nitrogen and oxygen atoms in total. The zero-order valence-electron chi connectivity index (χ0n) is 21.5. The fourth-order valence-corrected chi connectivity index (χ4v) is 6.25. The average Bonchev–Trinajstić information content (AvgIpc) is 3.27. The molecular formula is C30H37ClN4O2. The Balaban J connectivity index is 1.33. The summed E-state index contributed by atoms with van der Waals surface area (Å²) in [6.45, 7) is 0.738. The van der Waals surface area contributed by atoms with E-state index in [1.165, 1.54) is 38.5 Å². The minimum absolute atomic E-state index is 0.142. The summed E-state index contributed by atoms with van der Waals surface area (Å²) < 4.78 is 2.07. The zero-order valence-corrected chi connectivity index (χ0v) is 22.3. The van der Waals surface area contributed by atoms with E-state index >= 15 is 0 Å². The van der Waals surface area contributed by atoms with Crippen molar-refractivity contribution in [3.63, 3.8) is 0 Å². The number of carbonyl (C=O) groups is 2. The number of imidazole rings is 1. The van der Waals surface area contributed by atoms with Crippen LogP contribution in [-0.4, -0.2) is 44.9 Å². The van der Waals surface area contributed by atoms with Crippen molar-refractivity contribution in [1.29, 1.82) is 0 Å². The second-order valence-electron chi connectivity index (χ2n) is 10.5. The first-order valence-corrected chi connectivity index (χ1v) is 14.3. The Morgan fingerprint density at radius 2 is 1.51 bits per heavy atom. The minimum atomic E-state index is -0.142. The van der Waals surface area contributed by atoms with Crippen LogP contribution in [0.2, 0.25) is 5.02 Å². The lowest BCUT2D eigenvalue weighted by atomic mass is 9.88. The Hall–Kier alpha value is -2.86. The summed E-state index contributed by atoms with van der Waals surface area (Å²) in [6.07, 6.45) is 12.5. The first kappa shape index (κ1) is 25.8. The number of nitrogens with zero attached hydrogens (tertiary/aromatic N) is 3. The highest BCUT2D eigenvalue weighted by atomic mass is 35.5. The maximum Gasteiger partial charge on any atom is 0.251 e. The summed E-state index contributed by atoms with van der Waals surface area (Å²) in [5, 5.41) is 3.59. The molecule has 0 saturated heterocycles. The topological polar surface area (TPSA) is 67.2 Å². The third-order valence-corrected chi connectivity index (χ3v) is 8.24. The summed E-state index contributed by atoms with van der Waals surface area (Å²) in [7, 11) is 0. The number of para-hydroxylation sites is 2. The van der Waals surface area contributed by atoms with Crippen molar-refractivity contribution in [2.45, 2.75) is 89.3 Å². The van der Waals surface area contributed by atoms with Gasteiger partial charge in [-0.05, 0) is 62.1 Å². The second-order valence-corrected chi connectivity index (χ2v) is 10.9. The first-order chi connectivity index (χ1) is 18.1. The SMILES string of the molecule is O=C(NCCc1nc2ccccc2n1CC(=O)N(C1CCCCC1)C1CCCCC1)c1ccc(Cl)cc1. The standard InChI is InChI=1S/C30H37ClN4O2/c31-23-17-15-22(16-18-23)30(37)32-20-19-28-33-26-13-7-8-14-27(26)34(28)21-29(36)35(24-9-3-1-4-10-24)25-11-5-2-6-12-25/h7-8,13-18,24-25H,1-6,9-12,19-21H2,(H,32,37). The van der Waals surface area contributed by atoms with E-state index in [1.807, 2.05) is 24.3 Å². The van der Waals surface area contributed by atoms with Gasteiger partial charge in [-0.15, -0.1) is 0 Å². The van der Waals surface area contributed by atoms with Gasteiger partial charge in [0.25, 0.3) is 5.91 Å². The molecule has 0 atom stereocenters. The van der Waals surface area contributed by atoms with Crippen LogP contribution in [0.25, 0.3) is 11.0 Å². The van der Waals surface area contributed by atoms with Crippen LogP contribution in [0.15, 0.2) is 48.5 Å². The predicted molar refractivity (Wildman–Crippen MR) is 148 cm³/mol. The molecule has 1 aromatic heterocycles. The molecule has 2 aliphatic carbocycles. The predicted octanol–water partition coefficient (Wildman–Crippen LogP) is 6.16. The number of amides is 2. The second kappa shape index (κ2) is 12.1. The Morgan fingerprint density at radius 3 is 2.16 bits per heavy atom. The van der Waals surface area contributed by atoms with E-state index < -0.39 is 0 Å². The summed E-state index contributed by atoms with van der Waals surface area (Å²) in [5.41, 5.74) is 2.43. The van der Waals surface area contributed by atoms with Crippen molar-refractivity contribution in [1.82, 2.24) is 19.8 Å². The van der Waals surface area contributed by atoms with Crippen LogP contribution in [0, 0.1) is 0 Å². The molecule has 7 heteroatoms. The number of hydrogen-bond acceptors (Lipinski definition) is 3. The van der Waals surface area contributed by atoms with Crippen LogP contribution in [0.1, 0.15) is 80.4 Å². The molecular weight excluding hydrogens is 484 g/mol. The molecule has 2 amide bonds. The van der Waals surface area contributed by atoms with Gasteiger partial charge in [0.05, 0.1) is 11.0 Å². The van der Waals surface area contributed by atoms with Crippen LogP contribution in [0.4, 0.5) is 0 Å². The van der Waals surface area contributed by atoms with Gasteiger partial charge in [-0.25, -0.2) is 4.98 Å². The minimum Gasteiger partial charge on any atom is -0.352 e. The highest BCUT2D eigenvalue weighted by molar-refractivity contribution is 6.30. The van der Waals surface area contributed by atoms with Gasteiger partial charge in [0.15, 0.2) is 0 Å². The van der Waals surface area contributed by atoms with Gasteiger partial charge < -0.3 is 14.8 Å². The number of halogens is 1. The van der Waals surface area contributed by atoms with E-state index in [0.29, 0.717) is 42.2 Å². The maximum atomic E-state index is 14.0. The molecule has 0 unspecified atom stereocenters. The number of rotatable bonds is 8. The van der Waals surface area contributed by atoms with Crippen molar-refractivity contribution in [2.24, 2.45) is 0 Å². The van der Waals surface area contributed by atoms with Crippen molar-refractivity contribution in [3.05, 3.63) is 64.9 Å². The smallest absolute Gasteiger partial charge is 0.251 e. The van der Waals surface area contributed by atoms with E-state index in [4.69, 9.17) is 16.6 Å². The van der Waals surface area contributed by atoms with E-state index in [0.717, 1.165) is 42.5 Å². The molecule has 196 valence electrons. The third kappa shape index (κ3) is 6.18. The number of nitrogens with one attached hydrogen (secondary N) is 1. The van der Waals surface area contributed by atoms with Crippen LogP contribution in [0.3, 0.4) is 0 Å². The fraction of sp³-hybridized carbons (Fsp3) is 0.500. The number of benzene rings is 2. The highest BCUT2D eigenvalue weighted by Gasteiger charge is 2.33. The molecule has 0 aliphatic heterocycles. The number of carbonyl (C=O) groups excluding carboxylic acids is 2. The van der Waals surface area contributed by atoms with Crippen molar-refractivity contribution < 1.29 is 9.59 Å². The molecule has 3 aromatic rings. The first-order valence-electron chi connectivity index (χ1n) is 13.9. The highest BCUT2D eigenvalue weighted by Crippen LogP contribution is 2.31. The van der Waals surface area contributed by atoms with Gasteiger partial charge in [0.1, 0.15) is 12.4 Å². The molecule has 0 spiro atoms. The largest absolute Gasteiger partial charge is 0.352 e. The lowest BCUT2D eigenvalue weighted by molar-refractivity contribution is -0.138. The van der Waals surface area contributed by atoms with Crippen molar-refractivity contribution in [2.75, 3.05) is 6.54 Å². The van der Waals surface area contributed by atoms with E-state index in [-0.39, 0.29) is 11.8 Å². The molecule has 0 radical (unpaired) electrons. The number of hydrogen-bond donors (Lipinski definition) is 1. The Kier molecular flexibility index (Phi) is 8.45. The molecule has 1 N–H and O–H groups in total. The van der Waals surface area contributed by atoms with Crippen LogP contribution >= 0.6 is 11.6 Å². The fourth-order valence-electron chi connectivity index (χ4n) is 6.12. The lowest BCUT2D eigenvalue weighted by Gasteiger charge is -2.42. The van der Waals surface area contributed by atoms with Crippen LogP contribution in [-0.2, 0) is 17.8 Å².